The van der Waals surface area contributed by atoms with Crippen LogP contribution in [0.2, 0.25) is 0 Å². The second-order valence-corrected chi connectivity index (χ2v) is 6.34. The molecule has 134 valence electrons. The maximum absolute atomic E-state index is 12.2. The summed E-state index contributed by atoms with van der Waals surface area (Å²) in [4.78, 5) is 24.8. The van der Waals surface area contributed by atoms with E-state index < -0.39 is 10.9 Å². The van der Waals surface area contributed by atoms with E-state index in [0.717, 1.165) is 19.5 Å². The molecule has 0 saturated carbocycles. The second kappa shape index (κ2) is 7.60. The summed E-state index contributed by atoms with van der Waals surface area (Å²) in [6.45, 7) is 4.54. The third kappa shape index (κ3) is 3.96. The Kier molecular flexibility index (Phi) is 5.28. The molecule has 3 rings (SSSR count). The zero-order valence-corrected chi connectivity index (χ0v) is 14.1. The maximum Gasteiger partial charge on any atom is 0.361 e. The molecule has 1 fully saturated rings. The van der Waals surface area contributed by atoms with Crippen molar-refractivity contribution in [3.63, 3.8) is 0 Å². The van der Waals surface area contributed by atoms with Crippen LogP contribution in [-0.4, -0.2) is 46.7 Å². The number of nitro benzene ring substituents is 1. The van der Waals surface area contributed by atoms with E-state index in [0.29, 0.717) is 18.0 Å². The molecule has 0 unspecified atom stereocenters. The lowest BCUT2D eigenvalue weighted by atomic mass is 10.0. The normalized spacial score (nSPS) is 18.4. The lowest BCUT2D eigenvalue weighted by molar-refractivity contribution is -0.384. The highest BCUT2D eigenvalue weighted by atomic mass is 16.6. The SMILES string of the molecule is C[C@H]1CCCCN1CCCOC(=O)c1noc2cc([N+](=O)[O-])ccc12. The fraction of sp³-hybridized carbons (Fsp3) is 0.529. The third-order valence-corrected chi connectivity index (χ3v) is 4.62. The number of non-ortho nitro benzene ring substituents is 1. The van der Waals surface area contributed by atoms with Crippen LogP contribution in [0, 0.1) is 10.1 Å². The Hall–Kier alpha value is -2.48. The minimum absolute atomic E-state index is 0.0521. The fourth-order valence-electron chi connectivity index (χ4n) is 3.18. The van der Waals surface area contributed by atoms with Crippen LogP contribution in [0.15, 0.2) is 22.7 Å². The minimum atomic E-state index is -0.570. The lowest BCUT2D eigenvalue weighted by Crippen LogP contribution is -2.38. The van der Waals surface area contributed by atoms with Gasteiger partial charge in [-0.25, -0.2) is 4.79 Å². The van der Waals surface area contributed by atoms with E-state index in [1.165, 1.54) is 37.5 Å². The van der Waals surface area contributed by atoms with Crippen LogP contribution in [0.1, 0.15) is 43.1 Å². The zero-order valence-electron chi connectivity index (χ0n) is 14.1. The molecule has 0 radical (unpaired) electrons. The van der Waals surface area contributed by atoms with E-state index in [9.17, 15) is 14.9 Å². The van der Waals surface area contributed by atoms with Gasteiger partial charge in [0.15, 0.2) is 11.3 Å². The average molecular weight is 347 g/mol. The Balaban J connectivity index is 1.54. The first-order valence-electron chi connectivity index (χ1n) is 8.51. The molecule has 1 aromatic heterocycles. The van der Waals surface area contributed by atoms with Gasteiger partial charge in [-0.05, 0) is 38.8 Å². The molecule has 8 nitrogen and oxygen atoms in total. The predicted molar refractivity (Wildman–Crippen MR) is 90.4 cm³/mol. The molecule has 0 amide bonds. The predicted octanol–water partition coefficient (Wildman–Crippen LogP) is 3.16. The Morgan fingerprint density at radius 1 is 1.48 bits per heavy atom. The molecule has 1 atom stereocenters. The summed E-state index contributed by atoms with van der Waals surface area (Å²) < 4.78 is 10.3. The number of nitrogens with zero attached hydrogens (tertiary/aromatic N) is 3. The van der Waals surface area contributed by atoms with Crippen molar-refractivity contribution in [3.05, 3.63) is 34.0 Å². The molecule has 1 aromatic carbocycles. The Bertz CT molecular complexity index is 773. The lowest BCUT2D eigenvalue weighted by Gasteiger charge is -2.33. The Labute approximate surface area is 144 Å². The van der Waals surface area contributed by atoms with Gasteiger partial charge in [-0.3, -0.25) is 10.1 Å². The van der Waals surface area contributed by atoms with Gasteiger partial charge in [-0.2, -0.15) is 0 Å². The molecule has 1 aliphatic heterocycles. The molecule has 25 heavy (non-hydrogen) atoms. The first kappa shape index (κ1) is 17.3. The zero-order chi connectivity index (χ0) is 17.8. The summed E-state index contributed by atoms with van der Waals surface area (Å²) in [5, 5.41) is 14.9. The van der Waals surface area contributed by atoms with Crippen molar-refractivity contribution >= 4 is 22.6 Å². The van der Waals surface area contributed by atoms with E-state index in [-0.39, 0.29) is 17.0 Å². The number of benzene rings is 1. The van der Waals surface area contributed by atoms with Crippen LogP contribution in [0.3, 0.4) is 0 Å². The van der Waals surface area contributed by atoms with Crippen LogP contribution in [-0.2, 0) is 4.74 Å². The van der Waals surface area contributed by atoms with Crippen LogP contribution in [0.4, 0.5) is 5.69 Å². The van der Waals surface area contributed by atoms with E-state index in [1.807, 2.05) is 0 Å². The molecular weight excluding hydrogens is 326 g/mol. The molecule has 1 saturated heterocycles. The molecule has 0 spiro atoms. The second-order valence-electron chi connectivity index (χ2n) is 6.34. The van der Waals surface area contributed by atoms with Crippen molar-refractivity contribution < 1.29 is 19.0 Å². The number of ether oxygens (including phenoxy) is 1. The molecular formula is C17H21N3O5. The summed E-state index contributed by atoms with van der Waals surface area (Å²) in [5.74, 6) is -0.570. The fourth-order valence-corrected chi connectivity index (χ4v) is 3.18. The standard InChI is InChI=1S/C17H21N3O5/c1-12-5-2-3-8-19(12)9-4-10-24-17(21)16-14-7-6-13(20(22)23)11-15(14)25-18-16/h6-7,11-12H,2-5,8-10H2,1H3/t12-/m0/s1. The average Bonchev–Trinajstić information content (AvgIpc) is 3.03. The van der Waals surface area contributed by atoms with E-state index in [2.05, 4.69) is 17.0 Å². The Morgan fingerprint density at radius 3 is 3.08 bits per heavy atom. The number of carbonyl (C=O) groups excluding carboxylic acids is 1. The highest BCUT2D eigenvalue weighted by Gasteiger charge is 2.21. The summed E-state index contributed by atoms with van der Waals surface area (Å²) in [5.41, 5.74) is 0.138. The summed E-state index contributed by atoms with van der Waals surface area (Å²) in [7, 11) is 0. The smallest absolute Gasteiger partial charge is 0.361 e. The molecule has 0 N–H and O–H groups in total. The first-order chi connectivity index (χ1) is 12.1. The van der Waals surface area contributed by atoms with Gasteiger partial charge in [0.05, 0.1) is 23.0 Å². The van der Waals surface area contributed by atoms with E-state index in [4.69, 9.17) is 9.26 Å². The Morgan fingerprint density at radius 2 is 2.32 bits per heavy atom. The number of rotatable bonds is 6. The number of piperidine rings is 1. The molecule has 8 heteroatoms. The number of nitro groups is 1. The monoisotopic (exact) mass is 347 g/mol. The van der Waals surface area contributed by atoms with Crippen LogP contribution < -0.4 is 0 Å². The van der Waals surface area contributed by atoms with Crippen LogP contribution in [0.25, 0.3) is 11.0 Å². The largest absolute Gasteiger partial charge is 0.461 e. The van der Waals surface area contributed by atoms with Crippen molar-refractivity contribution in [1.29, 1.82) is 0 Å². The molecule has 1 aliphatic rings. The van der Waals surface area contributed by atoms with Gasteiger partial charge in [0.2, 0.25) is 0 Å². The van der Waals surface area contributed by atoms with E-state index >= 15 is 0 Å². The maximum atomic E-state index is 12.2. The van der Waals surface area contributed by atoms with Gasteiger partial charge in [-0.1, -0.05) is 11.6 Å². The van der Waals surface area contributed by atoms with Gasteiger partial charge < -0.3 is 14.2 Å². The summed E-state index contributed by atoms with van der Waals surface area (Å²) in [6, 6.07) is 4.60. The molecule has 2 aromatic rings. The molecule has 0 bridgehead atoms. The highest BCUT2D eigenvalue weighted by Crippen LogP contribution is 2.24. The van der Waals surface area contributed by atoms with Gasteiger partial charge >= 0.3 is 5.97 Å². The quantitative estimate of drug-likeness (QED) is 0.342. The number of fused-ring (bicyclic) bond motifs is 1. The summed E-state index contributed by atoms with van der Waals surface area (Å²) >= 11 is 0. The van der Waals surface area contributed by atoms with Crippen molar-refractivity contribution in [2.24, 2.45) is 0 Å². The highest BCUT2D eigenvalue weighted by molar-refractivity contribution is 6.01. The van der Waals surface area contributed by atoms with Gasteiger partial charge in [-0.15, -0.1) is 0 Å². The third-order valence-electron chi connectivity index (χ3n) is 4.62. The number of hydrogen-bond donors (Lipinski definition) is 0. The molecule has 0 aliphatic carbocycles. The van der Waals surface area contributed by atoms with Crippen molar-refractivity contribution in [2.75, 3.05) is 19.7 Å². The van der Waals surface area contributed by atoms with Gasteiger partial charge in [0.1, 0.15) is 0 Å². The van der Waals surface area contributed by atoms with Gasteiger partial charge in [0.25, 0.3) is 5.69 Å². The van der Waals surface area contributed by atoms with Crippen LogP contribution in [0.5, 0.6) is 0 Å². The summed E-state index contributed by atoms with van der Waals surface area (Å²) in [6.07, 6.45) is 4.49. The van der Waals surface area contributed by atoms with Crippen molar-refractivity contribution in [1.82, 2.24) is 10.1 Å². The minimum Gasteiger partial charge on any atom is -0.461 e. The number of aromatic nitrogens is 1. The topological polar surface area (TPSA) is 98.7 Å². The van der Waals surface area contributed by atoms with Crippen LogP contribution >= 0.6 is 0 Å². The number of esters is 1. The molecule has 2 heterocycles. The van der Waals surface area contributed by atoms with Crippen molar-refractivity contribution in [3.8, 4) is 0 Å². The number of hydrogen-bond acceptors (Lipinski definition) is 7. The number of carbonyl (C=O) groups is 1. The van der Waals surface area contributed by atoms with Gasteiger partial charge in [0, 0.05) is 18.7 Å². The number of likely N-dealkylation sites (tertiary alicyclic amines) is 1. The van der Waals surface area contributed by atoms with Crippen molar-refractivity contribution in [2.45, 2.75) is 38.6 Å². The first-order valence-corrected chi connectivity index (χ1v) is 8.51. The van der Waals surface area contributed by atoms with E-state index in [1.54, 1.807) is 0 Å².